The largest absolute Gasteiger partial charge is 0.329 e. The van der Waals surface area contributed by atoms with E-state index >= 15 is 0 Å². The van der Waals surface area contributed by atoms with E-state index < -0.39 is 8.38 Å². The van der Waals surface area contributed by atoms with Crippen LogP contribution in [0.15, 0.2) is 29.8 Å². The number of benzene rings is 1. The molecule has 0 amide bonds. The van der Waals surface area contributed by atoms with Gasteiger partial charge in [-0.3, -0.25) is 4.79 Å². The Morgan fingerprint density at radius 1 is 1.22 bits per heavy atom. The quantitative estimate of drug-likeness (QED) is 0.737. The fraction of sp³-hybridized carbons (Fsp3) is 0.357. The van der Waals surface area contributed by atoms with E-state index in [9.17, 15) is 4.79 Å². The zero-order chi connectivity index (χ0) is 13.0. The topological polar surface area (TPSA) is 35.5 Å². The molecule has 0 spiro atoms. The van der Waals surface area contributed by atoms with Crippen LogP contribution >= 0.6 is 8.38 Å². The van der Waals surface area contributed by atoms with Crippen molar-refractivity contribution in [2.24, 2.45) is 0 Å². The van der Waals surface area contributed by atoms with Crippen LogP contribution in [0.4, 0.5) is 0 Å². The maximum absolute atomic E-state index is 12.3. The SMILES string of the molecule is CCOP(OCC)C(=O)C1=Cc2ccccc2C1. The maximum atomic E-state index is 12.3. The van der Waals surface area contributed by atoms with Crippen LogP contribution in [-0.2, 0) is 20.3 Å². The molecule has 0 fully saturated rings. The van der Waals surface area contributed by atoms with Crippen molar-refractivity contribution in [3.63, 3.8) is 0 Å². The molecule has 0 aromatic heterocycles. The smallest absolute Gasteiger partial charge is 0.248 e. The monoisotopic (exact) mass is 264 g/mol. The second kappa shape index (κ2) is 6.24. The molecule has 2 rings (SSSR count). The number of carbonyl (C=O) groups is 1. The van der Waals surface area contributed by atoms with Gasteiger partial charge in [-0.05, 0) is 31.1 Å². The molecule has 0 aliphatic heterocycles. The van der Waals surface area contributed by atoms with Gasteiger partial charge in [-0.15, -0.1) is 0 Å². The van der Waals surface area contributed by atoms with Crippen molar-refractivity contribution in [3.05, 3.63) is 41.0 Å². The first-order valence-electron chi connectivity index (χ1n) is 6.15. The second-order valence-corrected chi connectivity index (χ2v) is 5.38. The fourth-order valence-corrected chi connectivity index (χ4v) is 3.08. The van der Waals surface area contributed by atoms with Crippen molar-refractivity contribution in [3.8, 4) is 0 Å². The van der Waals surface area contributed by atoms with Gasteiger partial charge < -0.3 is 9.05 Å². The van der Waals surface area contributed by atoms with Crippen LogP contribution in [0.25, 0.3) is 6.08 Å². The number of carbonyl (C=O) groups excluding carboxylic acids is 1. The minimum Gasteiger partial charge on any atom is -0.329 e. The Kier molecular flexibility index (Phi) is 4.65. The van der Waals surface area contributed by atoms with Crippen molar-refractivity contribution >= 4 is 20.0 Å². The average Bonchev–Trinajstić information content (AvgIpc) is 2.81. The molecule has 3 nitrogen and oxygen atoms in total. The molecule has 96 valence electrons. The molecule has 1 aliphatic carbocycles. The predicted octanol–water partition coefficient (Wildman–Crippen LogP) is 3.54. The lowest BCUT2D eigenvalue weighted by atomic mass is 10.1. The summed E-state index contributed by atoms with van der Waals surface area (Å²) in [6.45, 7) is 4.74. The molecule has 1 aromatic rings. The minimum absolute atomic E-state index is 0.00454. The highest BCUT2D eigenvalue weighted by atomic mass is 31.2. The van der Waals surface area contributed by atoms with E-state index in [-0.39, 0.29) is 5.52 Å². The molecular weight excluding hydrogens is 247 g/mol. The van der Waals surface area contributed by atoms with Crippen molar-refractivity contribution in [1.82, 2.24) is 0 Å². The summed E-state index contributed by atoms with van der Waals surface area (Å²) in [5.74, 6) is 0. The molecule has 18 heavy (non-hydrogen) atoms. The zero-order valence-electron chi connectivity index (χ0n) is 10.7. The summed E-state index contributed by atoms with van der Waals surface area (Å²) in [6.07, 6.45) is 2.64. The number of hydrogen-bond donors (Lipinski definition) is 0. The van der Waals surface area contributed by atoms with Crippen LogP contribution < -0.4 is 0 Å². The van der Waals surface area contributed by atoms with Gasteiger partial charge in [0.25, 0.3) is 0 Å². The first kappa shape index (κ1) is 13.4. The van der Waals surface area contributed by atoms with Gasteiger partial charge in [0.1, 0.15) is 0 Å². The van der Waals surface area contributed by atoms with Crippen LogP contribution in [0.5, 0.6) is 0 Å². The van der Waals surface area contributed by atoms with Gasteiger partial charge in [0, 0.05) is 12.0 Å². The molecular formula is C14H17O3P. The summed E-state index contributed by atoms with van der Waals surface area (Å²) in [4.78, 5) is 12.3. The minimum atomic E-state index is -1.44. The summed E-state index contributed by atoms with van der Waals surface area (Å²) >= 11 is 0. The number of fused-ring (bicyclic) bond motifs is 1. The second-order valence-electron chi connectivity index (χ2n) is 3.94. The van der Waals surface area contributed by atoms with Gasteiger partial charge in [0.2, 0.25) is 13.9 Å². The van der Waals surface area contributed by atoms with Crippen LogP contribution in [0.2, 0.25) is 0 Å². The van der Waals surface area contributed by atoms with Gasteiger partial charge in [-0.1, -0.05) is 24.3 Å². The van der Waals surface area contributed by atoms with Crippen LogP contribution in [0.3, 0.4) is 0 Å². The third kappa shape index (κ3) is 2.86. The van der Waals surface area contributed by atoms with Gasteiger partial charge in [-0.25, -0.2) is 0 Å². The van der Waals surface area contributed by atoms with Crippen molar-refractivity contribution in [2.75, 3.05) is 13.2 Å². The van der Waals surface area contributed by atoms with E-state index in [1.165, 1.54) is 5.56 Å². The first-order chi connectivity index (χ1) is 8.76. The standard InChI is InChI=1S/C14H17O3P/c1-3-16-18(17-4-2)14(15)13-9-11-7-5-6-8-12(11)10-13/h5-9H,3-4,10H2,1-2H3. The third-order valence-electron chi connectivity index (χ3n) is 2.70. The predicted molar refractivity (Wildman–Crippen MR) is 73.3 cm³/mol. The molecule has 0 bridgehead atoms. The summed E-state index contributed by atoms with van der Waals surface area (Å²) in [5.41, 5.74) is 3.13. The summed E-state index contributed by atoms with van der Waals surface area (Å²) in [5, 5.41) is 0. The van der Waals surface area contributed by atoms with E-state index in [0.717, 1.165) is 11.1 Å². The molecule has 0 saturated heterocycles. The van der Waals surface area contributed by atoms with E-state index in [0.29, 0.717) is 19.6 Å². The lowest BCUT2D eigenvalue weighted by Crippen LogP contribution is -2.05. The highest BCUT2D eigenvalue weighted by molar-refractivity contribution is 7.66. The van der Waals surface area contributed by atoms with Crippen LogP contribution in [0.1, 0.15) is 25.0 Å². The summed E-state index contributed by atoms with van der Waals surface area (Å²) in [6, 6.07) is 8.06. The van der Waals surface area contributed by atoms with Crippen LogP contribution in [0, 0.1) is 0 Å². The molecule has 0 N–H and O–H groups in total. The van der Waals surface area contributed by atoms with Gasteiger partial charge in [-0.2, -0.15) is 0 Å². The Balaban J connectivity index is 2.11. The highest BCUT2D eigenvalue weighted by Crippen LogP contribution is 2.44. The van der Waals surface area contributed by atoms with Gasteiger partial charge in [0.15, 0.2) is 0 Å². The molecule has 0 atom stereocenters. The van der Waals surface area contributed by atoms with Gasteiger partial charge >= 0.3 is 0 Å². The van der Waals surface area contributed by atoms with E-state index in [1.54, 1.807) is 0 Å². The fourth-order valence-electron chi connectivity index (χ4n) is 1.92. The van der Waals surface area contributed by atoms with Gasteiger partial charge in [0.05, 0.1) is 13.2 Å². The van der Waals surface area contributed by atoms with E-state index in [1.807, 2.05) is 38.1 Å². The maximum Gasteiger partial charge on any atom is 0.248 e. The molecule has 0 radical (unpaired) electrons. The molecule has 1 aliphatic rings. The average molecular weight is 264 g/mol. The Bertz CT molecular complexity index is 462. The van der Waals surface area contributed by atoms with Crippen molar-refractivity contribution in [2.45, 2.75) is 20.3 Å². The number of allylic oxidation sites excluding steroid dienone is 1. The molecule has 0 saturated carbocycles. The first-order valence-corrected chi connectivity index (χ1v) is 7.32. The molecule has 0 heterocycles. The van der Waals surface area contributed by atoms with E-state index in [4.69, 9.17) is 9.05 Å². The summed E-state index contributed by atoms with van der Waals surface area (Å²) in [7, 11) is -1.44. The van der Waals surface area contributed by atoms with Crippen LogP contribution in [-0.4, -0.2) is 18.7 Å². The summed E-state index contributed by atoms with van der Waals surface area (Å²) < 4.78 is 10.8. The molecule has 0 unspecified atom stereocenters. The normalized spacial score (nSPS) is 13.6. The van der Waals surface area contributed by atoms with Crippen molar-refractivity contribution < 1.29 is 13.8 Å². The lowest BCUT2D eigenvalue weighted by Gasteiger charge is -2.14. The molecule has 4 heteroatoms. The zero-order valence-corrected chi connectivity index (χ0v) is 11.6. The Hall–Kier alpha value is -1.02. The molecule has 1 aromatic carbocycles. The Morgan fingerprint density at radius 3 is 2.50 bits per heavy atom. The lowest BCUT2D eigenvalue weighted by molar-refractivity contribution is -0.109. The third-order valence-corrected chi connectivity index (χ3v) is 4.30. The highest BCUT2D eigenvalue weighted by Gasteiger charge is 2.27. The number of rotatable bonds is 6. The van der Waals surface area contributed by atoms with E-state index in [2.05, 4.69) is 6.07 Å². The van der Waals surface area contributed by atoms with Crippen molar-refractivity contribution in [1.29, 1.82) is 0 Å². The Morgan fingerprint density at radius 2 is 1.89 bits per heavy atom. The Labute approximate surface area is 109 Å². The number of hydrogen-bond acceptors (Lipinski definition) is 3.